The van der Waals surface area contributed by atoms with Gasteiger partial charge < -0.3 is 4.74 Å². The Kier molecular flexibility index (Phi) is 17.5. The predicted octanol–water partition coefficient (Wildman–Crippen LogP) is 5.95. The molecule has 3 nitrogen and oxygen atoms in total. The van der Waals surface area contributed by atoms with Crippen LogP contribution in [0.3, 0.4) is 0 Å². The molecule has 0 N–H and O–H groups in total. The Hall–Kier alpha value is -0.860. The lowest BCUT2D eigenvalue weighted by Gasteiger charge is -2.03. The molecule has 0 saturated carbocycles. The second-order valence-corrected chi connectivity index (χ2v) is 6.29. The number of carbonyl (C=O) groups excluding carboxylic acids is 2. The molecular weight excluding hydrogens is 276 g/mol. The van der Waals surface area contributed by atoms with Crippen LogP contribution < -0.4 is 0 Å². The molecule has 130 valence electrons. The zero-order valence-electron chi connectivity index (χ0n) is 14.6. The zero-order chi connectivity index (χ0) is 16.3. The van der Waals surface area contributed by atoms with E-state index in [0.29, 0.717) is 6.42 Å². The summed E-state index contributed by atoms with van der Waals surface area (Å²) in [5.74, 6) is -0.398. The van der Waals surface area contributed by atoms with E-state index in [-0.39, 0.29) is 6.47 Å². The quantitative estimate of drug-likeness (QED) is 0.144. The summed E-state index contributed by atoms with van der Waals surface area (Å²) in [6.45, 7) is 2.48. The van der Waals surface area contributed by atoms with Crippen LogP contribution in [0.4, 0.5) is 0 Å². The van der Waals surface area contributed by atoms with E-state index in [4.69, 9.17) is 0 Å². The van der Waals surface area contributed by atoms with Gasteiger partial charge in [0.2, 0.25) is 0 Å². The first kappa shape index (κ1) is 21.1. The van der Waals surface area contributed by atoms with Gasteiger partial charge in [-0.05, 0) is 6.42 Å². The number of hydrogen-bond donors (Lipinski definition) is 0. The third kappa shape index (κ3) is 17.2. The topological polar surface area (TPSA) is 43.4 Å². The van der Waals surface area contributed by atoms with E-state index >= 15 is 0 Å². The molecule has 0 spiro atoms. The van der Waals surface area contributed by atoms with E-state index in [0.717, 1.165) is 12.8 Å². The molecule has 0 fully saturated rings. The zero-order valence-corrected chi connectivity index (χ0v) is 14.6. The summed E-state index contributed by atoms with van der Waals surface area (Å²) >= 11 is 0. The van der Waals surface area contributed by atoms with Crippen LogP contribution >= 0.6 is 0 Å². The minimum absolute atomic E-state index is 0.216. The maximum Gasteiger partial charge on any atom is 0.313 e. The lowest BCUT2D eigenvalue weighted by molar-refractivity contribution is -0.151. The van der Waals surface area contributed by atoms with Gasteiger partial charge in [-0.2, -0.15) is 0 Å². The van der Waals surface area contributed by atoms with Crippen LogP contribution in [-0.2, 0) is 14.3 Å². The second-order valence-electron chi connectivity index (χ2n) is 6.29. The van der Waals surface area contributed by atoms with Crippen molar-refractivity contribution < 1.29 is 14.3 Å². The summed E-state index contributed by atoms with van der Waals surface area (Å²) in [7, 11) is 0. The molecule has 3 heteroatoms. The Labute approximate surface area is 137 Å². The van der Waals surface area contributed by atoms with E-state index < -0.39 is 5.97 Å². The molecule has 0 amide bonds. The molecule has 0 unspecified atom stereocenters. The number of carbonyl (C=O) groups is 2. The molecule has 0 saturated heterocycles. The average Bonchev–Trinajstić information content (AvgIpc) is 2.51. The lowest BCUT2D eigenvalue weighted by atomic mass is 10.0. The maximum atomic E-state index is 10.9. The van der Waals surface area contributed by atoms with Crippen molar-refractivity contribution in [2.45, 2.75) is 110 Å². The van der Waals surface area contributed by atoms with Gasteiger partial charge in [-0.15, -0.1) is 0 Å². The van der Waals surface area contributed by atoms with Crippen molar-refractivity contribution in [2.75, 3.05) is 0 Å². The van der Waals surface area contributed by atoms with Crippen molar-refractivity contribution in [3.63, 3.8) is 0 Å². The minimum atomic E-state index is -0.398. The van der Waals surface area contributed by atoms with Gasteiger partial charge in [0.05, 0.1) is 0 Å². The fourth-order valence-corrected chi connectivity index (χ4v) is 2.75. The molecule has 0 aliphatic heterocycles. The molecule has 0 atom stereocenters. The number of unbranched alkanes of at least 4 members (excludes halogenated alkanes) is 14. The summed E-state index contributed by atoms with van der Waals surface area (Å²) in [5.41, 5.74) is 0. The van der Waals surface area contributed by atoms with Crippen molar-refractivity contribution in [2.24, 2.45) is 0 Å². The second kappa shape index (κ2) is 18.2. The predicted molar refractivity (Wildman–Crippen MR) is 91.7 cm³/mol. The third-order valence-electron chi connectivity index (χ3n) is 4.16. The van der Waals surface area contributed by atoms with Crippen LogP contribution in [0.25, 0.3) is 0 Å². The van der Waals surface area contributed by atoms with Gasteiger partial charge >= 0.3 is 12.4 Å². The van der Waals surface area contributed by atoms with Crippen LogP contribution in [0.1, 0.15) is 110 Å². The number of rotatable bonds is 17. The molecular formula is C19H36O3. The molecule has 22 heavy (non-hydrogen) atoms. The van der Waals surface area contributed by atoms with Crippen LogP contribution in [0.15, 0.2) is 0 Å². The van der Waals surface area contributed by atoms with Gasteiger partial charge in [0.1, 0.15) is 0 Å². The normalized spacial score (nSPS) is 10.6. The first-order valence-electron chi connectivity index (χ1n) is 9.44. The summed E-state index contributed by atoms with van der Waals surface area (Å²) in [6.07, 6.45) is 20.0. The van der Waals surface area contributed by atoms with Crippen LogP contribution in [0.2, 0.25) is 0 Å². The molecule has 0 heterocycles. The minimum Gasteiger partial charge on any atom is -0.395 e. The van der Waals surface area contributed by atoms with E-state index in [2.05, 4.69) is 11.7 Å². The summed E-state index contributed by atoms with van der Waals surface area (Å²) < 4.78 is 4.24. The van der Waals surface area contributed by atoms with Crippen molar-refractivity contribution in [1.82, 2.24) is 0 Å². The van der Waals surface area contributed by atoms with Gasteiger partial charge in [-0.3, -0.25) is 9.59 Å². The van der Waals surface area contributed by atoms with Gasteiger partial charge in [0.25, 0.3) is 0 Å². The molecule has 0 aromatic rings. The number of ether oxygens (including phenoxy) is 1. The number of hydrogen-bond acceptors (Lipinski definition) is 3. The summed E-state index contributed by atoms with van der Waals surface area (Å²) in [4.78, 5) is 20.9. The molecule has 0 aromatic carbocycles. The third-order valence-corrected chi connectivity index (χ3v) is 4.16. The number of esters is 1. The Balaban J connectivity index is 3.02. The fourth-order valence-electron chi connectivity index (χ4n) is 2.75. The molecule has 0 radical (unpaired) electrons. The van der Waals surface area contributed by atoms with Crippen molar-refractivity contribution in [1.29, 1.82) is 0 Å². The first-order valence-corrected chi connectivity index (χ1v) is 9.44. The maximum absolute atomic E-state index is 10.9. The van der Waals surface area contributed by atoms with E-state index in [9.17, 15) is 9.59 Å². The van der Waals surface area contributed by atoms with E-state index in [1.54, 1.807) is 0 Å². The van der Waals surface area contributed by atoms with Gasteiger partial charge in [-0.1, -0.05) is 96.8 Å². The van der Waals surface area contributed by atoms with Gasteiger partial charge in [0, 0.05) is 6.42 Å². The van der Waals surface area contributed by atoms with Crippen molar-refractivity contribution in [3.05, 3.63) is 0 Å². The van der Waals surface area contributed by atoms with E-state index in [1.807, 2.05) is 0 Å². The molecule has 0 aliphatic carbocycles. The largest absolute Gasteiger partial charge is 0.395 e. The van der Waals surface area contributed by atoms with Crippen LogP contribution in [0, 0.1) is 0 Å². The van der Waals surface area contributed by atoms with Crippen LogP contribution in [-0.4, -0.2) is 12.4 Å². The van der Waals surface area contributed by atoms with Gasteiger partial charge in [-0.25, -0.2) is 0 Å². The van der Waals surface area contributed by atoms with Crippen molar-refractivity contribution in [3.8, 4) is 0 Å². The molecule has 0 aliphatic rings. The Morgan fingerprint density at radius 3 is 1.41 bits per heavy atom. The highest BCUT2D eigenvalue weighted by molar-refractivity contribution is 5.76. The highest BCUT2D eigenvalue weighted by Crippen LogP contribution is 2.13. The van der Waals surface area contributed by atoms with Crippen LogP contribution in [0.5, 0.6) is 0 Å². The molecule has 0 rings (SSSR count). The Morgan fingerprint density at radius 2 is 1.05 bits per heavy atom. The molecule has 0 bridgehead atoms. The summed E-state index contributed by atoms with van der Waals surface area (Å²) in [5, 5.41) is 0. The monoisotopic (exact) mass is 312 g/mol. The van der Waals surface area contributed by atoms with Gasteiger partial charge in [0.15, 0.2) is 0 Å². The lowest BCUT2D eigenvalue weighted by Crippen LogP contribution is -2.01. The summed E-state index contributed by atoms with van der Waals surface area (Å²) in [6, 6.07) is 0. The fraction of sp³-hybridized carbons (Fsp3) is 0.895. The van der Waals surface area contributed by atoms with Crippen molar-refractivity contribution >= 4 is 12.4 Å². The van der Waals surface area contributed by atoms with E-state index in [1.165, 1.54) is 83.5 Å². The highest BCUT2D eigenvalue weighted by Gasteiger charge is 2.01. The average molecular weight is 312 g/mol. The smallest absolute Gasteiger partial charge is 0.313 e. The standard InChI is InChI=1S/C19H36O3/c1-2-3-4-5-6-7-8-9-10-11-12-13-14-15-16-17-19(21)22-18-20/h18H,2-17H2,1H3. The highest BCUT2D eigenvalue weighted by atomic mass is 16.6. The SMILES string of the molecule is CCCCCCCCCCCCCCCCCC(=O)OC=O. The Morgan fingerprint density at radius 1 is 0.682 bits per heavy atom. The first-order chi connectivity index (χ1) is 10.8. The Bertz CT molecular complexity index is 251. The molecule has 0 aromatic heterocycles.